The zero-order valence-electron chi connectivity index (χ0n) is 20.2. The highest BCUT2D eigenvalue weighted by Gasteiger charge is 2.90. The molecule has 1 N–H and O–H groups in total. The Bertz CT molecular complexity index is 1160. The number of esters is 2. The number of aliphatic hydroxyl groups is 1. The first-order valence-electron chi connectivity index (χ1n) is 12.4. The van der Waals surface area contributed by atoms with Crippen LogP contribution in [-0.4, -0.2) is 58.9 Å². The third kappa shape index (κ3) is 2.14. The average Bonchev–Trinajstić information content (AvgIpc) is 3.26. The number of ether oxygens (including phenoxy) is 4. The number of furan rings is 1. The fraction of sp³-hybridized carbons (Fsp3) is 0.731. The molecular formula is C26H30O9. The lowest BCUT2D eigenvalue weighted by Gasteiger charge is -2.66. The van der Waals surface area contributed by atoms with Crippen molar-refractivity contribution in [1.82, 2.24) is 0 Å². The number of hydrogen-bond acceptors (Lipinski definition) is 9. The summed E-state index contributed by atoms with van der Waals surface area (Å²) in [7, 11) is 0. The van der Waals surface area contributed by atoms with Gasteiger partial charge in [0.15, 0.2) is 11.9 Å². The molecule has 6 fully saturated rings. The number of carbonyl (C=O) groups is 3. The van der Waals surface area contributed by atoms with Gasteiger partial charge in [-0.25, -0.2) is 4.79 Å². The molecule has 0 bridgehead atoms. The number of aliphatic hydroxyl groups excluding tert-OH is 1. The van der Waals surface area contributed by atoms with Crippen molar-refractivity contribution < 1.29 is 42.9 Å². The molecule has 5 heterocycles. The number of rotatable bonds is 1. The van der Waals surface area contributed by atoms with E-state index in [1.165, 1.54) is 6.26 Å². The van der Waals surface area contributed by atoms with Gasteiger partial charge in [-0.05, 0) is 38.7 Å². The first-order valence-corrected chi connectivity index (χ1v) is 12.4. The lowest BCUT2D eigenvalue weighted by Crippen LogP contribution is -2.76. The molecule has 10 atom stereocenters. The lowest BCUT2D eigenvalue weighted by molar-refractivity contribution is -0.252. The Morgan fingerprint density at radius 3 is 2.54 bits per heavy atom. The standard InChI is InChI=1S/C26H30O9/c1-22(2)17-16(28)18(29)24(4)13(25(17)11-32-15(27)9-14(25)34-22)5-7-23(3)19(12-6-8-31-10-12)33-21(30)20-26(23,24)35-20/h6,8,10,13-14,17-20,29H,5,7,9,11H2,1-4H3/t13-,14-,17-,18-,19-,20+,23-,24-,25-,26+/m1/s1. The molecule has 0 unspecified atom stereocenters. The molecule has 0 aromatic carbocycles. The fourth-order valence-corrected chi connectivity index (χ4v) is 9.52. The van der Waals surface area contributed by atoms with Gasteiger partial charge in [0.1, 0.15) is 24.4 Å². The SMILES string of the molecule is CC1(C)O[C@@H]2CC(=O)OC[C@]23[C@@H]1C(=O)[C@@H](O)[C@@]1(C)[C@H]3CC[C@]2(C)[C@@H](c3ccoc3)OC(=O)[C@@H]3O[C@]312. The van der Waals surface area contributed by atoms with Crippen molar-refractivity contribution in [3.8, 4) is 0 Å². The highest BCUT2D eigenvalue weighted by atomic mass is 16.7. The van der Waals surface area contributed by atoms with E-state index in [0.29, 0.717) is 12.8 Å². The van der Waals surface area contributed by atoms with Crippen LogP contribution in [-0.2, 0) is 33.3 Å². The second kappa shape index (κ2) is 6.18. The van der Waals surface area contributed by atoms with Crippen LogP contribution in [0.15, 0.2) is 23.0 Å². The van der Waals surface area contributed by atoms with Crippen LogP contribution in [0.1, 0.15) is 58.6 Å². The molecular weight excluding hydrogens is 456 g/mol. The van der Waals surface area contributed by atoms with Gasteiger partial charge in [0, 0.05) is 21.8 Å². The molecule has 7 rings (SSSR count). The molecule has 1 aromatic heterocycles. The normalized spacial score (nSPS) is 53.3. The molecule has 9 nitrogen and oxygen atoms in total. The van der Waals surface area contributed by atoms with Crippen molar-refractivity contribution in [2.75, 3.05) is 6.61 Å². The molecule has 4 aliphatic heterocycles. The van der Waals surface area contributed by atoms with E-state index in [9.17, 15) is 19.5 Å². The Morgan fingerprint density at radius 2 is 1.83 bits per heavy atom. The molecule has 2 aliphatic carbocycles. The zero-order chi connectivity index (χ0) is 24.8. The molecule has 0 radical (unpaired) electrons. The van der Waals surface area contributed by atoms with E-state index in [4.69, 9.17) is 23.4 Å². The Hall–Kier alpha value is -2.23. The van der Waals surface area contributed by atoms with Gasteiger partial charge in [-0.1, -0.05) is 13.8 Å². The van der Waals surface area contributed by atoms with Crippen molar-refractivity contribution in [1.29, 1.82) is 0 Å². The summed E-state index contributed by atoms with van der Waals surface area (Å²) in [6.07, 6.45) is 1.02. The van der Waals surface area contributed by atoms with E-state index < -0.39 is 63.8 Å². The minimum absolute atomic E-state index is 0.0520. The molecule has 0 amide bonds. The first-order chi connectivity index (χ1) is 16.4. The van der Waals surface area contributed by atoms with Crippen molar-refractivity contribution in [2.24, 2.45) is 28.1 Å². The number of carbonyl (C=O) groups excluding carboxylic acids is 3. The quantitative estimate of drug-likeness (QED) is 0.469. The second-order valence-electron chi connectivity index (χ2n) is 12.3. The van der Waals surface area contributed by atoms with Crippen molar-refractivity contribution in [3.63, 3.8) is 0 Å². The second-order valence-corrected chi connectivity index (χ2v) is 12.3. The van der Waals surface area contributed by atoms with Crippen molar-refractivity contribution in [2.45, 2.75) is 82.6 Å². The summed E-state index contributed by atoms with van der Waals surface area (Å²) < 4.78 is 29.6. The Morgan fingerprint density at radius 1 is 1.06 bits per heavy atom. The van der Waals surface area contributed by atoms with Crippen LogP contribution in [0.2, 0.25) is 0 Å². The highest BCUT2D eigenvalue weighted by Crippen LogP contribution is 2.80. The Kier molecular flexibility index (Phi) is 3.88. The smallest absolute Gasteiger partial charge is 0.339 e. The van der Waals surface area contributed by atoms with Crippen LogP contribution in [0.25, 0.3) is 0 Å². The first kappa shape index (κ1) is 22.0. The number of cyclic esters (lactones) is 2. The van der Waals surface area contributed by atoms with Gasteiger partial charge in [0.25, 0.3) is 0 Å². The third-order valence-electron chi connectivity index (χ3n) is 10.7. The molecule has 6 aliphatic rings. The summed E-state index contributed by atoms with van der Waals surface area (Å²) >= 11 is 0. The van der Waals surface area contributed by atoms with Crippen LogP contribution < -0.4 is 0 Å². The van der Waals surface area contributed by atoms with Gasteiger partial charge in [0.2, 0.25) is 0 Å². The average molecular weight is 487 g/mol. The van der Waals surface area contributed by atoms with E-state index in [2.05, 4.69) is 0 Å². The summed E-state index contributed by atoms with van der Waals surface area (Å²) in [5.41, 5.74) is -3.90. The van der Waals surface area contributed by atoms with Gasteiger partial charge in [-0.3, -0.25) is 9.59 Å². The van der Waals surface area contributed by atoms with Gasteiger partial charge >= 0.3 is 11.9 Å². The number of hydrogen-bond donors (Lipinski definition) is 1. The largest absolute Gasteiger partial charge is 0.472 e. The van der Waals surface area contributed by atoms with Gasteiger partial charge in [0.05, 0.1) is 36.6 Å². The third-order valence-corrected chi connectivity index (χ3v) is 10.7. The van der Waals surface area contributed by atoms with E-state index in [1.54, 1.807) is 12.3 Å². The zero-order valence-corrected chi connectivity index (χ0v) is 20.2. The maximum Gasteiger partial charge on any atom is 0.339 e. The van der Waals surface area contributed by atoms with Crippen molar-refractivity contribution >= 4 is 17.7 Å². The van der Waals surface area contributed by atoms with Crippen LogP contribution in [0.3, 0.4) is 0 Å². The maximum absolute atomic E-state index is 14.1. The van der Waals surface area contributed by atoms with E-state index in [1.807, 2.05) is 27.7 Å². The molecule has 9 heteroatoms. The lowest BCUT2D eigenvalue weighted by atomic mass is 9.36. The number of ketones is 1. The molecule has 2 spiro atoms. The summed E-state index contributed by atoms with van der Waals surface area (Å²) in [6, 6.07) is 1.77. The maximum atomic E-state index is 14.1. The Balaban J connectivity index is 1.43. The number of Topliss-reactive ketones (excluding diaryl/α,β-unsaturated/α-hetero) is 1. The molecule has 35 heavy (non-hydrogen) atoms. The molecule has 188 valence electrons. The summed E-state index contributed by atoms with van der Waals surface area (Å²) in [5, 5.41) is 11.8. The van der Waals surface area contributed by atoms with Gasteiger partial charge < -0.3 is 28.5 Å². The molecule has 2 saturated carbocycles. The van der Waals surface area contributed by atoms with Crippen LogP contribution in [0.4, 0.5) is 0 Å². The molecule has 1 aromatic rings. The molecule has 4 saturated heterocycles. The summed E-state index contributed by atoms with van der Waals surface area (Å²) in [6.45, 7) is 7.66. The van der Waals surface area contributed by atoms with E-state index >= 15 is 0 Å². The number of fused-ring (bicyclic) bond motifs is 1. The highest BCUT2D eigenvalue weighted by molar-refractivity contribution is 5.92. The topological polar surface area (TPSA) is 125 Å². The van der Waals surface area contributed by atoms with Crippen LogP contribution >= 0.6 is 0 Å². The van der Waals surface area contributed by atoms with E-state index in [0.717, 1.165) is 5.56 Å². The van der Waals surface area contributed by atoms with Crippen molar-refractivity contribution in [3.05, 3.63) is 24.2 Å². The fourth-order valence-electron chi connectivity index (χ4n) is 9.52. The minimum Gasteiger partial charge on any atom is -0.472 e. The number of epoxide rings is 1. The summed E-state index contributed by atoms with van der Waals surface area (Å²) in [5.74, 6) is -2.09. The van der Waals surface area contributed by atoms with Crippen LogP contribution in [0, 0.1) is 28.1 Å². The van der Waals surface area contributed by atoms with Gasteiger partial charge in [-0.15, -0.1) is 0 Å². The van der Waals surface area contributed by atoms with E-state index in [-0.39, 0.29) is 30.7 Å². The van der Waals surface area contributed by atoms with Crippen LogP contribution in [0.5, 0.6) is 0 Å². The Labute approximate surface area is 202 Å². The minimum atomic E-state index is -1.37. The summed E-state index contributed by atoms with van der Waals surface area (Å²) in [4.78, 5) is 39.6. The predicted octanol–water partition coefficient (Wildman–Crippen LogP) is 2.11. The monoisotopic (exact) mass is 486 g/mol. The predicted molar refractivity (Wildman–Crippen MR) is 116 cm³/mol. The van der Waals surface area contributed by atoms with Gasteiger partial charge in [-0.2, -0.15) is 0 Å².